The number of hydrogen-bond acceptors (Lipinski definition) is 2. The molecule has 0 fully saturated rings. The van der Waals surface area contributed by atoms with E-state index in [0.717, 1.165) is 18.7 Å². The van der Waals surface area contributed by atoms with Gasteiger partial charge >= 0.3 is 0 Å². The van der Waals surface area contributed by atoms with Crippen LogP contribution in [0.1, 0.15) is 26.0 Å². The summed E-state index contributed by atoms with van der Waals surface area (Å²) >= 11 is 0. The van der Waals surface area contributed by atoms with Gasteiger partial charge in [0.25, 0.3) is 0 Å². The molecule has 2 nitrogen and oxygen atoms in total. The fourth-order valence-electron chi connectivity index (χ4n) is 1.04. The van der Waals surface area contributed by atoms with Gasteiger partial charge in [-0.25, -0.2) is 0 Å². The van der Waals surface area contributed by atoms with Gasteiger partial charge in [-0.1, -0.05) is 6.92 Å². The second-order valence-corrected chi connectivity index (χ2v) is 3.09. The maximum absolute atomic E-state index is 5.21. The van der Waals surface area contributed by atoms with Crippen molar-refractivity contribution in [3.8, 4) is 0 Å². The van der Waals surface area contributed by atoms with Crippen molar-refractivity contribution in [1.29, 1.82) is 0 Å². The maximum Gasteiger partial charge on any atom is 0.105 e. The third-order valence-corrected chi connectivity index (χ3v) is 2.06. The average molecular weight is 167 g/mol. The second-order valence-electron chi connectivity index (χ2n) is 3.09. The van der Waals surface area contributed by atoms with Crippen LogP contribution in [0.4, 0.5) is 0 Å². The predicted molar refractivity (Wildman–Crippen MR) is 50.2 cm³/mol. The van der Waals surface area contributed by atoms with Gasteiger partial charge in [-0.15, -0.1) is 0 Å². The number of rotatable bonds is 5. The first-order valence-corrected chi connectivity index (χ1v) is 4.58. The fourth-order valence-corrected chi connectivity index (χ4v) is 1.04. The Hall–Kier alpha value is -0.760. The molecular formula is C10H17NO. The normalized spacial score (nSPS) is 13.2. The van der Waals surface area contributed by atoms with Crippen LogP contribution in [0.5, 0.6) is 0 Å². The highest BCUT2D eigenvalue weighted by Crippen LogP contribution is 1.99. The molecule has 68 valence electrons. The molecule has 1 heterocycles. The SMILES string of the molecule is CCC(C)NCCc1ccco1. The monoisotopic (exact) mass is 167 g/mol. The zero-order chi connectivity index (χ0) is 8.81. The molecule has 0 radical (unpaired) electrons. The lowest BCUT2D eigenvalue weighted by atomic mass is 10.2. The molecule has 0 spiro atoms. The standard InChI is InChI=1S/C10H17NO/c1-3-9(2)11-7-6-10-5-4-8-12-10/h4-5,8-9,11H,3,6-7H2,1-2H3. The molecule has 1 aromatic heterocycles. The number of nitrogens with one attached hydrogen (secondary N) is 1. The Kier molecular flexibility index (Phi) is 3.88. The molecule has 1 unspecified atom stereocenters. The number of hydrogen-bond donors (Lipinski definition) is 1. The third-order valence-electron chi connectivity index (χ3n) is 2.06. The lowest BCUT2D eigenvalue weighted by Crippen LogP contribution is -2.27. The van der Waals surface area contributed by atoms with E-state index < -0.39 is 0 Å². The molecular weight excluding hydrogens is 150 g/mol. The van der Waals surface area contributed by atoms with Gasteiger partial charge in [-0.2, -0.15) is 0 Å². The van der Waals surface area contributed by atoms with Gasteiger partial charge in [0.15, 0.2) is 0 Å². The Morgan fingerprint density at radius 2 is 2.42 bits per heavy atom. The summed E-state index contributed by atoms with van der Waals surface area (Å²) in [6.07, 6.45) is 3.88. The van der Waals surface area contributed by atoms with Gasteiger partial charge in [0.2, 0.25) is 0 Å². The first-order valence-electron chi connectivity index (χ1n) is 4.58. The summed E-state index contributed by atoms with van der Waals surface area (Å²) in [6, 6.07) is 4.55. The van der Waals surface area contributed by atoms with Gasteiger partial charge in [0.1, 0.15) is 5.76 Å². The molecule has 0 aliphatic carbocycles. The minimum absolute atomic E-state index is 0.611. The molecule has 0 aliphatic heterocycles. The summed E-state index contributed by atoms with van der Waals surface area (Å²) in [5.74, 6) is 1.06. The van der Waals surface area contributed by atoms with Gasteiger partial charge in [0.05, 0.1) is 6.26 Å². The lowest BCUT2D eigenvalue weighted by Gasteiger charge is -2.09. The van der Waals surface area contributed by atoms with E-state index in [-0.39, 0.29) is 0 Å². The van der Waals surface area contributed by atoms with Crippen LogP contribution in [0.25, 0.3) is 0 Å². The Morgan fingerprint density at radius 3 is 3.00 bits per heavy atom. The Bertz CT molecular complexity index is 194. The summed E-state index contributed by atoms with van der Waals surface area (Å²) in [4.78, 5) is 0. The highest BCUT2D eigenvalue weighted by atomic mass is 16.3. The van der Waals surface area contributed by atoms with Crippen molar-refractivity contribution in [3.05, 3.63) is 24.2 Å². The molecule has 0 aliphatic rings. The Morgan fingerprint density at radius 1 is 1.58 bits per heavy atom. The topological polar surface area (TPSA) is 25.2 Å². The predicted octanol–water partition coefficient (Wildman–Crippen LogP) is 2.21. The van der Waals surface area contributed by atoms with Crippen LogP contribution in [0.3, 0.4) is 0 Å². The van der Waals surface area contributed by atoms with E-state index in [1.165, 1.54) is 6.42 Å². The largest absolute Gasteiger partial charge is 0.469 e. The zero-order valence-electron chi connectivity index (χ0n) is 7.84. The molecule has 12 heavy (non-hydrogen) atoms. The zero-order valence-corrected chi connectivity index (χ0v) is 7.84. The molecule has 0 aromatic carbocycles. The summed E-state index contributed by atoms with van der Waals surface area (Å²) in [6.45, 7) is 5.38. The van der Waals surface area contributed by atoms with Crippen molar-refractivity contribution >= 4 is 0 Å². The van der Waals surface area contributed by atoms with Crippen molar-refractivity contribution in [2.24, 2.45) is 0 Å². The summed E-state index contributed by atoms with van der Waals surface area (Å²) < 4.78 is 5.21. The summed E-state index contributed by atoms with van der Waals surface area (Å²) in [7, 11) is 0. The van der Waals surface area contributed by atoms with Crippen molar-refractivity contribution in [2.45, 2.75) is 32.7 Å². The molecule has 0 saturated carbocycles. The van der Waals surface area contributed by atoms with Gasteiger partial charge < -0.3 is 9.73 Å². The Balaban J connectivity index is 2.11. The van der Waals surface area contributed by atoms with Crippen LogP contribution in [0.15, 0.2) is 22.8 Å². The van der Waals surface area contributed by atoms with Crippen LogP contribution >= 0.6 is 0 Å². The van der Waals surface area contributed by atoms with Gasteiger partial charge in [-0.3, -0.25) is 0 Å². The first kappa shape index (κ1) is 9.33. The minimum atomic E-state index is 0.611. The minimum Gasteiger partial charge on any atom is -0.469 e. The van der Waals surface area contributed by atoms with Crippen molar-refractivity contribution < 1.29 is 4.42 Å². The molecule has 0 bridgehead atoms. The maximum atomic E-state index is 5.21. The van der Waals surface area contributed by atoms with E-state index in [4.69, 9.17) is 4.42 Å². The van der Waals surface area contributed by atoms with Crippen LogP contribution in [-0.2, 0) is 6.42 Å². The van der Waals surface area contributed by atoms with Crippen molar-refractivity contribution in [3.63, 3.8) is 0 Å². The van der Waals surface area contributed by atoms with Gasteiger partial charge in [-0.05, 0) is 25.5 Å². The lowest BCUT2D eigenvalue weighted by molar-refractivity contribution is 0.478. The van der Waals surface area contributed by atoms with E-state index in [1.807, 2.05) is 12.1 Å². The van der Waals surface area contributed by atoms with Crippen LogP contribution in [0, 0.1) is 0 Å². The molecule has 1 N–H and O–H groups in total. The highest BCUT2D eigenvalue weighted by molar-refractivity contribution is 4.98. The smallest absolute Gasteiger partial charge is 0.105 e. The highest BCUT2D eigenvalue weighted by Gasteiger charge is 1.98. The second kappa shape index (κ2) is 4.99. The molecule has 1 atom stereocenters. The fraction of sp³-hybridized carbons (Fsp3) is 0.600. The van der Waals surface area contributed by atoms with Crippen molar-refractivity contribution in [1.82, 2.24) is 5.32 Å². The van der Waals surface area contributed by atoms with E-state index >= 15 is 0 Å². The number of furan rings is 1. The molecule has 1 rings (SSSR count). The van der Waals surface area contributed by atoms with Crippen LogP contribution in [-0.4, -0.2) is 12.6 Å². The molecule has 0 saturated heterocycles. The third kappa shape index (κ3) is 3.09. The summed E-state index contributed by atoms with van der Waals surface area (Å²) in [5, 5.41) is 3.41. The first-order chi connectivity index (χ1) is 5.83. The van der Waals surface area contributed by atoms with Gasteiger partial charge in [0, 0.05) is 19.0 Å². The average Bonchev–Trinajstić information content (AvgIpc) is 2.57. The molecule has 0 amide bonds. The molecule has 1 aromatic rings. The van der Waals surface area contributed by atoms with E-state index in [2.05, 4.69) is 19.2 Å². The van der Waals surface area contributed by atoms with E-state index in [0.29, 0.717) is 6.04 Å². The van der Waals surface area contributed by atoms with E-state index in [1.54, 1.807) is 6.26 Å². The molecule has 2 heteroatoms. The van der Waals surface area contributed by atoms with Crippen LogP contribution < -0.4 is 5.32 Å². The summed E-state index contributed by atoms with van der Waals surface area (Å²) in [5.41, 5.74) is 0. The quantitative estimate of drug-likeness (QED) is 0.727. The Labute approximate surface area is 74.0 Å². The van der Waals surface area contributed by atoms with Crippen molar-refractivity contribution in [2.75, 3.05) is 6.54 Å². The van der Waals surface area contributed by atoms with E-state index in [9.17, 15) is 0 Å². The van der Waals surface area contributed by atoms with Crippen LogP contribution in [0.2, 0.25) is 0 Å².